The molecule has 0 bridgehead atoms. The van der Waals surface area contributed by atoms with Gasteiger partial charge in [-0.3, -0.25) is 4.79 Å². The topological polar surface area (TPSA) is 41.1 Å². The van der Waals surface area contributed by atoms with Crippen LogP contribution in [-0.2, 0) is 4.79 Å². The number of carbonyl (C=O) groups excluding carboxylic acids is 1. The molecule has 0 radical (unpaired) electrons. The van der Waals surface area contributed by atoms with Gasteiger partial charge in [0.25, 0.3) is 0 Å². The van der Waals surface area contributed by atoms with E-state index < -0.39 is 0 Å². The van der Waals surface area contributed by atoms with Crippen molar-refractivity contribution in [2.24, 2.45) is 0 Å². The average Bonchev–Trinajstić information content (AvgIpc) is 2.89. The number of hydrogen-bond acceptors (Lipinski definition) is 2. The zero-order valence-electron chi connectivity index (χ0n) is 11.9. The molecule has 1 saturated carbocycles. The van der Waals surface area contributed by atoms with Gasteiger partial charge in [0, 0.05) is 11.7 Å². The number of amides is 1. The van der Waals surface area contributed by atoms with Crippen LogP contribution in [0.25, 0.3) is 0 Å². The van der Waals surface area contributed by atoms with Crippen molar-refractivity contribution in [3.05, 3.63) is 29.8 Å². The van der Waals surface area contributed by atoms with E-state index >= 15 is 0 Å². The lowest BCUT2D eigenvalue weighted by Gasteiger charge is -2.13. The Morgan fingerprint density at radius 1 is 1.32 bits per heavy atom. The Balaban J connectivity index is 1.80. The van der Waals surface area contributed by atoms with E-state index in [1.165, 1.54) is 18.4 Å². The molecule has 1 aromatic carbocycles. The van der Waals surface area contributed by atoms with Crippen LogP contribution in [0, 0.1) is 0 Å². The van der Waals surface area contributed by atoms with E-state index in [0.29, 0.717) is 18.5 Å². The van der Waals surface area contributed by atoms with Crippen molar-refractivity contribution >= 4 is 11.6 Å². The predicted octanol–water partition coefficient (Wildman–Crippen LogP) is 3.28. The fourth-order valence-electron chi connectivity index (χ4n) is 2.54. The van der Waals surface area contributed by atoms with Gasteiger partial charge in [-0.2, -0.15) is 0 Å². The van der Waals surface area contributed by atoms with E-state index in [1.54, 1.807) is 0 Å². The second-order valence-corrected chi connectivity index (χ2v) is 5.68. The van der Waals surface area contributed by atoms with E-state index in [2.05, 4.69) is 36.6 Å². The first-order valence-electron chi connectivity index (χ1n) is 7.28. The molecule has 2 N–H and O–H groups in total. The van der Waals surface area contributed by atoms with Crippen LogP contribution in [0.15, 0.2) is 24.3 Å². The third-order valence-electron chi connectivity index (χ3n) is 3.73. The minimum atomic E-state index is 0.0989. The van der Waals surface area contributed by atoms with Crippen molar-refractivity contribution in [1.29, 1.82) is 0 Å². The van der Waals surface area contributed by atoms with Gasteiger partial charge in [0.2, 0.25) is 5.91 Å². The molecule has 0 saturated heterocycles. The molecular formula is C16H24N2O. The third kappa shape index (κ3) is 4.27. The molecule has 0 atom stereocenters. The van der Waals surface area contributed by atoms with Gasteiger partial charge < -0.3 is 10.6 Å². The largest absolute Gasteiger partial charge is 0.376 e. The molecule has 0 aromatic heterocycles. The van der Waals surface area contributed by atoms with Gasteiger partial charge in [0.15, 0.2) is 0 Å². The van der Waals surface area contributed by atoms with Crippen LogP contribution in [0.3, 0.4) is 0 Å². The Hall–Kier alpha value is -1.51. The Bertz CT molecular complexity index is 423. The van der Waals surface area contributed by atoms with Crippen LogP contribution in [0.5, 0.6) is 0 Å². The first kappa shape index (κ1) is 13.9. The Kier molecular flexibility index (Phi) is 4.83. The maximum atomic E-state index is 11.8. The second kappa shape index (κ2) is 6.60. The monoisotopic (exact) mass is 260 g/mol. The first-order chi connectivity index (χ1) is 9.15. The van der Waals surface area contributed by atoms with Crippen LogP contribution in [0.1, 0.15) is 51.0 Å². The highest BCUT2D eigenvalue weighted by molar-refractivity contribution is 5.81. The van der Waals surface area contributed by atoms with Crippen molar-refractivity contribution < 1.29 is 4.79 Å². The summed E-state index contributed by atoms with van der Waals surface area (Å²) in [5.74, 6) is 0.607. The number of benzene rings is 1. The highest BCUT2D eigenvalue weighted by atomic mass is 16.1. The minimum absolute atomic E-state index is 0.0989. The highest BCUT2D eigenvalue weighted by Gasteiger charge is 2.16. The molecule has 2 rings (SSSR count). The van der Waals surface area contributed by atoms with Crippen LogP contribution in [0.2, 0.25) is 0 Å². The second-order valence-electron chi connectivity index (χ2n) is 5.68. The summed E-state index contributed by atoms with van der Waals surface area (Å²) in [5, 5.41) is 6.29. The van der Waals surface area contributed by atoms with Crippen molar-refractivity contribution in [3.63, 3.8) is 0 Å². The molecule has 1 aliphatic carbocycles. The zero-order valence-corrected chi connectivity index (χ0v) is 11.9. The van der Waals surface area contributed by atoms with Crippen molar-refractivity contribution in [1.82, 2.24) is 5.32 Å². The maximum Gasteiger partial charge on any atom is 0.239 e. The van der Waals surface area contributed by atoms with Crippen LogP contribution in [0.4, 0.5) is 5.69 Å². The predicted molar refractivity (Wildman–Crippen MR) is 79.4 cm³/mol. The maximum absolute atomic E-state index is 11.8. The normalized spacial score (nSPS) is 15.7. The molecule has 3 nitrogen and oxygen atoms in total. The zero-order chi connectivity index (χ0) is 13.7. The van der Waals surface area contributed by atoms with Crippen LogP contribution in [-0.4, -0.2) is 18.5 Å². The minimum Gasteiger partial charge on any atom is -0.376 e. The lowest BCUT2D eigenvalue weighted by atomic mass is 10.0. The number of anilines is 1. The van der Waals surface area contributed by atoms with Gasteiger partial charge in [0.05, 0.1) is 6.54 Å². The van der Waals surface area contributed by atoms with E-state index in [9.17, 15) is 4.79 Å². The summed E-state index contributed by atoms with van der Waals surface area (Å²) in [7, 11) is 0. The SMILES string of the molecule is CC(C)c1cccc(NCC(=O)NC2CCCC2)c1. The fourth-order valence-corrected chi connectivity index (χ4v) is 2.54. The Morgan fingerprint density at radius 2 is 2.05 bits per heavy atom. The van der Waals surface area contributed by atoms with Gasteiger partial charge in [0.1, 0.15) is 0 Å². The smallest absolute Gasteiger partial charge is 0.239 e. The molecule has 0 unspecified atom stereocenters. The van der Waals surface area contributed by atoms with Gasteiger partial charge >= 0.3 is 0 Å². The quantitative estimate of drug-likeness (QED) is 0.853. The summed E-state index contributed by atoms with van der Waals surface area (Å²) in [6, 6.07) is 8.68. The van der Waals surface area contributed by atoms with Gasteiger partial charge in [-0.15, -0.1) is 0 Å². The Labute approximate surface area is 115 Å². The molecule has 104 valence electrons. The molecule has 1 aliphatic rings. The van der Waals surface area contributed by atoms with Crippen LogP contribution < -0.4 is 10.6 Å². The van der Waals surface area contributed by atoms with Crippen molar-refractivity contribution in [3.8, 4) is 0 Å². The molecule has 1 aromatic rings. The molecular weight excluding hydrogens is 236 g/mol. The standard InChI is InChI=1S/C16H24N2O/c1-12(2)13-6-5-9-15(10-13)17-11-16(19)18-14-7-3-4-8-14/h5-6,9-10,12,14,17H,3-4,7-8,11H2,1-2H3,(H,18,19). The number of carbonyl (C=O) groups is 1. The average molecular weight is 260 g/mol. The number of hydrogen-bond donors (Lipinski definition) is 2. The van der Waals surface area contributed by atoms with Crippen molar-refractivity contribution in [2.45, 2.75) is 51.5 Å². The molecule has 0 spiro atoms. The molecule has 1 fully saturated rings. The summed E-state index contributed by atoms with van der Waals surface area (Å²) in [4.78, 5) is 11.8. The van der Waals surface area contributed by atoms with Crippen LogP contribution >= 0.6 is 0 Å². The lowest BCUT2D eigenvalue weighted by molar-refractivity contribution is -0.120. The molecule has 0 heterocycles. The summed E-state index contributed by atoms with van der Waals surface area (Å²) < 4.78 is 0. The summed E-state index contributed by atoms with van der Waals surface area (Å²) in [6.45, 7) is 4.70. The third-order valence-corrected chi connectivity index (χ3v) is 3.73. The number of nitrogens with one attached hydrogen (secondary N) is 2. The number of rotatable bonds is 5. The highest BCUT2D eigenvalue weighted by Crippen LogP contribution is 2.19. The molecule has 19 heavy (non-hydrogen) atoms. The fraction of sp³-hybridized carbons (Fsp3) is 0.562. The molecule has 0 aliphatic heterocycles. The van der Waals surface area contributed by atoms with Gasteiger partial charge in [-0.1, -0.05) is 38.8 Å². The Morgan fingerprint density at radius 3 is 2.74 bits per heavy atom. The molecule has 1 amide bonds. The summed E-state index contributed by atoms with van der Waals surface area (Å²) in [6.07, 6.45) is 4.76. The lowest BCUT2D eigenvalue weighted by Crippen LogP contribution is -2.36. The van der Waals surface area contributed by atoms with E-state index in [4.69, 9.17) is 0 Å². The first-order valence-corrected chi connectivity index (χ1v) is 7.28. The van der Waals surface area contributed by atoms with E-state index in [-0.39, 0.29) is 5.91 Å². The van der Waals surface area contributed by atoms with Crippen molar-refractivity contribution in [2.75, 3.05) is 11.9 Å². The van der Waals surface area contributed by atoms with E-state index in [0.717, 1.165) is 18.5 Å². The summed E-state index contributed by atoms with van der Waals surface area (Å²) >= 11 is 0. The summed E-state index contributed by atoms with van der Waals surface area (Å²) in [5.41, 5.74) is 2.31. The van der Waals surface area contributed by atoms with E-state index in [1.807, 2.05) is 12.1 Å². The molecule has 3 heteroatoms. The van der Waals surface area contributed by atoms with Gasteiger partial charge in [-0.05, 0) is 36.5 Å². The van der Waals surface area contributed by atoms with Gasteiger partial charge in [-0.25, -0.2) is 0 Å².